The van der Waals surface area contributed by atoms with Crippen molar-refractivity contribution in [2.75, 3.05) is 13.7 Å². The maximum absolute atomic E-state index is 11.6. The summed E-state index contributed by atoms with van der Waals surface area (Å²) in [6.45, 7) is 2.91. The number of nitrogens with zero attached hydrogens (tertiary/aromatic N) is 3. The van der Waals surface area contributed by atoms with Crippen molar-refractivity contribution >= 4 is 17.3 Å². The molecule has 0 radical (unpaired) electrons. The summed E-state index contributed by atoms with van der Waals surface area (Å²) in [7, 11) is 1.37. The number of hydrogen-bond donors (Lipinski definition) is 1. The molecule has 0 aliphatic carbocycles. The van der Waals surface area contributed by atoms with E-state index in [0.29, 0.717) is 0 Å². The van der Waals surface area contributed by atoms with Crippen LogP contribution in [0, 0.1) is 10.1 Å². The summed E-state index contributed by atoms with van der Waals surface area (Å²) in [5.74, 6) is -0.995. The Morgan fingerprint density at radius 1 is 1.45 bits per heavy atom. The Morgan fingerprint density at radius 3 is 2.64 bits per heavy atom. The number of aliphatic hydroxyl groups is 1. The fraction of sp³-hybridized carbons (Fsp3) is 0.308. The average Bonchev–Trinajstić information content (AvgIpc) is 2.47. The summed E-state index contributed by atoms with van der Waals surface area (Å²) < 4.78 is 9.60. The van der Waals surface area contributed by atoms with E-state index in [-0.39, 0.29) is 23.7 Å². The number of allylic oxidation sites excluding steroid dienone is 1. The van der Waals surface area contributed by atoms with Crippen molar-refractivity contribution < 1.29 is 24.3 Å². The van der Waals surface area contributed by atoms with E-state index in [0.717, 1.165) is 0 Å². The molecule has 0 atom stereocenters. The van der Waals surface area contributed by atoms with E-state index in [1.165, 1.54) is 32.2 Å². The molecule has 0 aliphatic heterocycles. The first-order chi connectivity index (χ1) is 10.4. The smallest absolute Gasteiger partial charge is 0.362 e. The highest BCUT2D eigenvalue weighted by molar-refractivity contribution is 5.88. The van der Waals surface area contributed by atoms with Gasteiger partial charge in [-0.3, -0.25) is 10.1 Å². The third-order valence-electron chi connectivity index (χ3n) is 2.45. The van der Waals surface area contributed by atoms with Gasteiger partial charge in [0.15, 0.2) is 5.69 Å². The van der Waals surface area contributed by atoms with Gasteiger partial charge in [0.1, 0.15) is 11.5 Å². The number of aliphatic hydroxyl groups excluding tert-OH is 1. The maximum atomic E-state index is 11.6. The van der Waals surface area contributed by atoms with Gasteiger partial charge in [0.25, 0.3) is 5.69 Å². The van der Waals surface area contributed by atoms with E-state index < -0.39 is 22.3 Å². The van der Waals surface area contributed by atoms with Gasteiger partial charge in [0, 0.05) is 0 Å². The SMILES string of the molecule is CCOC(=O)/C(N=Nc1ccc(OC)cc1[N+](=O)[O-])=C(\C)O. The summed E-state index contributed by atoms with van der Waals surface area (Å²) in [4.78, 5) is 21.9. The second-order valence-electron chi connectivity index (χ2n) is 3.97. The van der Waals surface area contributed by atoms with Crippen molar-refractivity contribution in [1.82, 2.24) is 0 Å². The third-order valence-corrected chi connectivity index (χ3v) is 2.45. The molecule has 0 saturated heterocycles. The first kappa shape index (κ1) is 17.1. The number of ether oxygens (including phenoxy) is 2. The predicted molar refractivity (Wildman–Crippen MR) is 76.1 cm³/mol. The van der Waals surface area contributed by atoms with Crippen LogP contribution in [-0.2, 0) is 9.53 Å². The van der Waals surface area contributed by atoms with Crippen molar-refractivity contribution in [3.63, 3.8) is 0 Å². The van der Waals surface area contributed by atoms with Crippen LogP contribution in [0.1, 0.15) is 13.8 Å². The van der Waals surface area contributed by atoms with Gasteiger partial charge in [-0.1, -0.05) is 0 Å². The van der Waals surface area contributed by atoms with Gasteiger partial charge in [-0.05, 0) is 26.0 Å². The zero-order valence-corrected chi connectivity index (χ0v) is 12.3. The number of azo groups is 1. The van der Waals surface area contributed by atoms with Crippen molar-refractivity contribution in [1.29, 1.82) is 0 Å². The minimum absolute atomic E-state index is 0.0890. The number of rotatable bonds is 6. The molecule has 1 N–H and O–H groups in total. The monoisotopic (exact) mass is 309 g/mol. The van der Waals surface area contributed by atoms with E-state index in [4.69, 9.17) is 9.47 Å². The summed E-state index contributed by atoms with van der Waals surface area (Å²) in [6.07, 6.45) is 0. The molecule has 1 aromatic rings. The molecule has 1 rings (SSSR count). The van der Waals surface area contributed by atoms with Crippen LogP contribution < -0.4 is 4.74 Å². The van der Waals surface area contributed by atoms with E-state index in [2.05, 4.69) is 10.2 Å². The average molecular weight is 309 g/mol. The van der Waals surface area contributed by atoms with Gasteiger partial charge >= 0.3 is 5.97 Å². The lowest BCUT2D eigenvalue weighted by atomic mass is 10.2. The minimum Gasteiger partial charge on any atom is -0.510 e. The molecule has 0 aromatic heterocycles. The quantitative estimate of drug-likeness (QED) is 0.215. The van der Waals surface area contributed by atoms with E-state index in [1.807, 2.05) is 0 Å². The van der Waals surface area contributed by atoms with Crippen LogP contribution in [0.3, 0.4) is 0 Å². The molecule has 0 fully saturated rings. The molecule has 0 aliphatic rings. The Balaban J connectivity index is 3.19. The fourth-order valence-corrected chi connectivity index (χ4v) is 1.43. The Bertz CT molecular complexity index is 635. The normalized spacial score (nSPS) is 12.0. The molecular weight excluding hydrogens is 294 g/mol. The van der Waals surface area contributed by atoms with Gasteiger partial charge < -0.3 is 14.6 Å². The second-order valence-corrected chi connectivity index (χ2v) is 3.97. The highest BCUT2D eigenvalue weighted by Crippen LogP contribution is 2.32. The largest absolute Gasteiger partial charge is 0.510 e. The fourth-order valence-electron chi connectivity index (χ4n) is 1.43. The first-order valence-corrected chi connectivity index (χ1v) is 6.21. The number of methoxy groups -OCH3 is 1. The van der Waals surface area contributed by atoms with E-state index >= 15 is 0 Å². The van der Waals surface area contributed by atoms with Crippen LogP contribution in [0.4, 0.5) is 11.4 Å². The molecule has 1 aromatic carbocycles. The molecule has 0 bridgehead atoms. The van der Waals surface area contributed by atoms with Gasteiger partial charge in [-0.2, -0.15) is 0 Å². The lowest BCUT2D eigenvalue weighted by Crippen LogP contribution is -2.07. The highest BCUT2D eigenvalue weighted by atomic mass is 16.6. The Hall–Kier alpha value is -2.97. The van der Waals surface area contributed by atoms with Crippen molar-refractivity contribution in [2.24, 2.45) is 10.2 Å². The topological polar surface area (TPSA) is 124 Å². The van der Waals surface area contributed by atoms with Gasteiger partial charge in [0.05, 0.1) is 24.7 Å². The summed E-state index contributed by atoms with van der Waals surface area (Å²) in [5.41, 5.74) is -0.859. The van der Waals surface area contributed by atoms with E-state index in [1.54, 1.807) is 6.92 Å². The highest BCUT2D eigenvalue weighted by Gasteiger charge is 2.17. The number of hydrogen-bond acceptors (Lipinski definition) is 8. The zero-order valence-electron chi connectivity index (χ0n) is 12.3. The number of nitro groups is 1. The van der Waals surface area contributed by atoms with Crippen LogP contribution in [0.25, 0.3) is 0 Å². The van der Waals surface area contributed by atoms with Gasteiger partial charge in [-0.25, -0.2) is 4.79 Å². The van der Waals surface area contributed by atoms with Crippen LogP contribution in [0.15, 0.2) is 39.9 Å². The van der Waals surface area contributed by atoms with Crippen molar-refractivity contribution in [2.45, 2.75) is 13.8 Å². The lowest BCUT2D eigenvalue weighted by molar-refractivity contribution is -0.384. The Labute approximate surface area is 126 Å². The lowest BCUT2D eigenvalue weighted by Gasteiger charge is -2.03. The summed E-state index contributed by atoms with van der Waals surface area (Å²) in [6, 6.07) is 3.95. The van der Waals surface area contributed by atoms with Crippen LogP contribution in [0.2, 0.25) is 0 Å². The van der Waals surface area contributed by atoms with Gasteiger partial charge in [0.2, 0.25) is 5.70 Å². The first-order valence-electron chi connectivity index (χ1n) is 6.21. The second kappa shape index (κ2) is 7.72. The van der Waals surface area contributed by atoms with Crippen LogP contribution in [0.5, 0.6) is 5.75 Å². The number of esters is 1. The molecular formula is C13H15N3O6. The molecule has 118 valence electrons. The third kappa shape index (κ3) is 4.27. The number of carbonyl (C=O) groups is 1. The Morgan fingerprint density at radius 2 is 2.14 bits per heavy atom. The molecule has 0 heterocycles. The maximum Gasteiger partial charge on any atom is 0.362 e. The standard InChI is InChI=1S/C13H15N3O6/c1-4-22-13(18)12(8(2)17)15-14-10-6-5-9(21-3)7-11(10)16(19)20/h5-7,17H,4H2,1-3H3/b12-8-,15-14?. The van der Waals surface area contributed by atoms with Crippen molar-refractivity contribution in [3.05, 3.63) is 39.8 Å². The minimum atomic E-state index is -0.873. The molecule has 0 spiro atoms. The van der Waals surface area contributed by atoms with Crippen LogP contribution >= 0.6 is 0 Å². The molecule has 22 heavy (non-hydrogen) atoms. The molecule has 0 saturated carbocycles. The van der Waals surface area contributed by atoms with E-state index in [9.17, 15) is 20.0 Å². The molecule has 0 unspecified atom stereocenters. The zero-order chi connectivity index (χ0) is 16.7. The number of carbonyl (C=O) groups excluding carboxylic acids is 1. The molecule has 9 nitrogen and oxygen atoms in total. The summed E-state index contributed by atoms with van der Waals surface area (Å²) in [5, 5.41) is 27.6. The molecule has 0 amide bonds. The van der Waals surface area contributed by atoms with Gasteiger partial charge in [-0.15, -0.1) is 10.2 Å². The molecule has 9 heteroatoms. The summed E-state index contributed by atoms with van der Waals surface area (Å²) >= 11 is 0. The van der Waals surface area contributed by atoms with Crippen LogP contribution in [-0.4, -0.2) is 29.7 Å². The number of nitro benzene ring substituents is 1. The number of benzene rings is 1. The predicted octanol–water partition coefficient (Wildman–Crippen LogP) is 3.04. The van der Waals surface area contributed by atoms with Crippen molar-refractivity contribution in [3.8, 4) is 5.75 Å². The Kier molecular flexibility index (Phi) is 5.99.